The number of para-hydroxylation sites is 1. The first-order valence-electron chi connectivity index (χ1n) is 6.87. The summed E-state index contributed by atoms with van der Waals surface area (Å²) in [5.41, 5.74) is 2.23. The largest absolute Gasteiger partial charge is 0.459 e. The number of hydrogen-bond donors (Lipinski definition) is 1. The van der Waals surface area contributed by atoms with Crippen molar-refractivity contribution >= 4 is 11.0 Å². The Kier molecular flexibility index (Phi) is 4.07. The van der Waals surface area contributed by atoms with Gasteiger partial charge in [0.2, 0.25) is 0 Å². The van der Waals surface area contributed by atoms with Crippen LogP contribution in [0.1, 0.15) is 44.1 Å². The second-order valence-corrected chi connectivity index (χ2v) is 4.98. The number of furan rings is 1. The molecule has 0 aliphatic carbocycles. The van der Waals surface area contributed by atoms with E-state index in [1.165, 1.54) is 10.9 Å². The average molecular weight is 245 g/mol. The molecule has 0 spiro atoms. The number of rotatable bonds is 5. The van der Waals surface area contributed by atoms with Gasteiger partial charge in [0.1, 0.15) is 11.3 Å². The van der Waals surface area contributed by atoms with Gasteiger partial charge in [-0.25, -0.2) is 0 Å². The first kappa shape index (κ1) is 13.2. The maximum absolute atomic E-state index is 6.07. The molecule has 1 aromatic carbocycles. The molecule has 0 bridgehead atoms. The summed E-state index contributed by atoms with van der Waals surface area (Å²) in [4.78, 5) is 0. The van der Waals surface area contributed by atoms with Gasteiger partial charge in [0.05, 0.1) is 6.04 Å². The van der Waals surface area contributed by atoms with E-state index in [2.05, 4.69) is 50.4 Å². The lowest BCUT2D eigenvalue weighted by atomic mass is 9.92. The summed E-state index contributed by atoms with van der Waals surface area (Å²) in [6.45, 7) is 6.58. The monoisotopic (exact) mass is 245 g/mol. The molecule has 2 rings (SSSR count). The van der Waals surface area contributed by atoms with Crippen molar-refractivity contribution in [3.8, 4) is 0 Å². The molecule has 1 N–H and O–H groups in total. The first-order valence-corrected chi connectivity index (χ1v) is 6.87. The molecule has 1 aromatic heterocycles. The highest BCUT2D eigenvalue weighted by Gasteiger charge is 2.22. The molecule has 0 saturated heterocycles. The Morgan fingerprint density at radius 1 is 1.22 bits per heavy atom. The second kappa shape index (κ2) is 5.57. The fourth-order valence-electron chi connectivity index (χ4n) is 2.75. The Morgan fingerprint density at radius 2 is 1.94 bits per heavy atom. The van der Waals surface area contributed by atoms with Crippen LogP contribution in [-0.2, 0) is 0 Å². The van der Waals surface area contributed by atoms with E-state index in [0.29, 0.717) is 12.0 Å². The molecule has 1 heterocycles. The lowest BCUT2D eigenvalue weighted by molar-refractivity contribution is 0.315. The minimum atomic E-state index is 0.312. The van der Waals surface area contributed by atoms with Crippen molar-refractivity contribution < 1.29 is 4.42 Å². The number of nitrogens with one attached hydrogen (secondary N) is 1. The maximum Gasteiger partial charge on any atom is 0.137 e. The number of fused-ring (bicyclic) bond motifs is 1. The third kappa shape index (κ3) is 2.30. The highest BCUT2D eigenvalue weighted by molar-refractivity contribution is 5.81. The maximum atomic E-state index is 6.07. The molecule has 0 aliphatic rings. The Labute approximate surface area is 109 Å². The molecule has 2 aromatic rings. The lowest BCUT2D eigenvalue weighted by Gasteiger charge is -2.22. The van der Waals surface area contributed by atoms with Crippen LogP contribution >= 0.6 is 0 Å². The normalized spacial score (nSPS) is 13.4. The fourth-order valence-corrected chi connectivity index (χ4v) is 2.75. The van der Waals surface area contributed by atoms with Crippen LogP contribution in [0.2, 0.25) is 0 Å². The summed E-state index contributed by atoms with van der Waals surface area (Å²) in [5, 5.41) is 4.61. The van der Waals surface area contributed by atoms with E-state index in [0.717, 1.165) is 24.2 Å². The smallest absolute Gasteiger partial charge is 0.137 e. The molecule has 2 nitrogen and oxygen atoms in total. The van der Waals surface area contributed by atoms with Crippen molar-refractivity contribution in [2.45, 2.75) is 39.7 Å². The molecule has 1 atom stereocenters. The fraction of sp³-hybridized carbons (Fsp3) is 0.500. The van der Waals surface area contributed by atoms with Gasteiger partial charge in [-0.1, -0.05) is 44.9 Å². The predicted molar refractivity (Wildman–Crippen MR) is 76.8 cm³/mol. The first-order chi connectivity index (χ1) is 8.71. The van der Waals surface area contributed by atoms with Gasteiger partial charge in [0.15, 0.2) is 0 Å². The van der Waals surface area contributed by atoms with E-state index < -0.39 is 0 Å². The standard InChI is InChI=1S/C16H23NO/c1-5-12(6-2)15(17-4)14-10-13-9-7-8-11(3)16(13)18-14/h7-10,12,15,17H,5-6H2,1-4H3. The number of benzene rings is 1. The number of hydrogen-bond acceptors (Lipinski definition) is 2. The van der Waals surface area contributed by atoms with Gasteiger partial charge in [0.25, 0.3) is 0 Å². The molecule has 98 valence electrons. The van der Waals surface area contributed by atoms with E-state index in [1.807, 2.05) is 7.05 Å². The van der Waals surface area contributed by atoms with Gasteiger partial charge in [-0.05, 0) is 31.5 Å². The van der Waals surface area contributed by atoms with Gasteiger partial charge in [0, 0.05) is 5.39 Å². The lowest BCUT2D eigenvalue weighted by Crippen LogP contribution is -2.24. The zero-order valence-corrected chi connectivity index (χ0v) is 11.8. The van der Waals surface area contributed by atoms with Crippen molar-refractivity contribution in [3.63, 3.8) is 0 Å². The summed E-state index contributed by atoms with van der Waals surface area (Å²) < 4.78 is 6.07. The van der Waals surface area contributed by atoms with Crippen LogP contribution in [0, 0.1) is 12.8 Å². The Morgan fingerprint density at radius 3 is 2.50 bits per heavy atom. The molecule has 0 aliphatic heterocycles. The van der Waals surface area contributed by atoms with Crippen molar-refractivity contribution in [1.29, 1.82) is 0 Å². The number of aryl methyl sites for hydroxylation is 1. The van der Waals surface area contributed by atoms with Crippen molar-refractivity contribution in [2.75, 3.05) is 7.05 Å². The van der Waals surface area contributed by atoms with Crippen LogP contribution < -0.4 is 5.32 Å². The topological polar surface area (TPSA) is 25.2 Å². The van der Waals surface area contributed by atoms with Gasteiger partial charge in [-0.3, -0.25) is 0 Å². The van der Waals surface area contributed by atoms with E-state index in [1.54, 1.807) is 0 Å². The van der Waals surface area contributed by atoms with Crippen LogP contribution in [0.15, 0.2) is 28.7 Å². The van der Waals surface area contributed by atoms with Crippen molar-refractivity contribution in [3.05, 3.63) is 35.6 Å². The minimum absolute atomic E-state index is 0.312. The Balaban J connectivity index is 2.42. The quantitative estimate of drug-likeness (QED) is 0.842. The third-order valence-corrected chi connectivity index (χ3v) is 3.90. The predicted octanol–water partition coefficient (Wildman–Crippen LogP) is 4.44. The Hall–Kier alpha value is -1.28. The summed E-state index contributed by atoms with van der Waals surface area (Å²) in [6.07, 6.45) is 2.33. The summed E-state index contributed by atoms with van der Waals surface area (Å²) in [5.74, 6) is 1.69. The molecule has 0 radical (unpaired) electrons. The molecule has 18 heavy (non-hydrogen) atoms. The van der Waals surface area contributed by atoms with Gasteiger partial charge in [-0.15, -0.1) is 0 Å². The summed E-state index contributed by atoms with van der Waals surface area (Å²) in [7, 11) is 2.02. The van der Waals surface area contributed by atoms with E-state index in [4.69, 9.17) is 4.42 Å². The summed E-state index contributed by atoms with van der Waals surface area (Å²) >= 11 is 0. The average Bonchev–Trinajstić information content (AvgIpc) is 2.80. The van der Waals surface area contributed by atoms with Crippen LogP contribution in [0.5, 0.6) is 0 Å². The zero-order chi connectivity index (χ0) is 13.1. The Bertz CT molecular complexity index is 511. The van der Waals surface area contributed by atoms with Gasteiger partial charge >= 0.3 is 0 Å². The van der Waals surface area contributed by atoms with Crippen LogP contribution in [0.4, 0.5) is 0 Å². The molecule has 0 fully saturated rings. The minimum Gasteiger partial charge on any atom is -0.459 e. The molecule has 1 unspecified atom stereocenters. The molecule has 0 amide bonds. The molecular weight excluding hydrogens is 222 g/mol. The molecule has 0 saturated carbocycles. The van der Waals surface area contributed by atoms with Gasteiger partial charge in [-0.2, -0.15) is 0 Å². The van der Waals surface area contributed by atoms with Crippen LogP contribution in [0.25, 0.3) is 11.0 Å². The second-order valence-electron chi connectivity index (χ2n) is 4.98. The van der Waals surface area contributed by atoms with E-state index >= 15 is 0 Å². The van der Waals surface area contributed by atoms with Crippen molar-refractivity contribution in [1.82, 2.24) is 5.32 Å². The van der Waals surface area contributed by atoms with Crippen LogP contribution in [-0.4, -0.2) is 7.05 Å². The van der Waals surface area contributed by atoms with Gasteiger partial charge < -0.3 is 9.73 Å². The molecule has 2 heteroatoms. The van der Waals surface area contributed by atoms with Crippen molar-refractivity contribution in [2.24, 2.45) is 5.92 Å². The zero-order valence-electron chi connectivity index (χ0n) is 11.8. The SMILES string of the molecule is CCC(CC)C(NC)c1cc2cccc(C)c2o1. The third-order valence-electron chi connectivity index (χ3n) is 3.90. The highest BCUT2D eigenvalue weighted by Crippen LogP contribution is 2.32. The molecular formula is C16H23NO. The van der Waals surface area contributed by atoms with E-state index in [9.17, 15) is 0 Å². The van der Waals surface area contributed by atoms with Crippen LogP contribution in [0.3, 0.4) is 0 Å². The van der Waals surface area contributed by atoms with E-state index in [-0.39, 0.29) is 0 Å². The summed E-state index contributed by atoms with van der Waals surface area (Å²) in [6, 6.07) is 8.80. The highest BCUT2D eigenvalue weighted by atomic mass is 16.3.